The number of hydrogen-bond donors (Lipinski definition) is 3. The van der Waals surface area contributed by atoms with Gasteiger partial charge in [0.15, 0.2) is 5.69 Å². The summed E-state index contributed by atoms with van der Waals surface area (Å²) >= 11 is 0. The number of aryl methyl sites for hydroxylation is 2. The summed E-state index contributed by atoms with van der Waals surface area (Å²) in [6, 6.07) is 5.69. The van der Waals surface area contributed by atoms with Crippen LogP contribution in [0.4, 0.5) is 5.69 Å². The van der Waals surface area contributed by atoms with Crippen LogP contribution in [0.1, 0.15) is 38.3 Å². The fourth-order valence-corrected chi connectivity index (χ4v) is 3.21. The summed E-state index contributed by atoms with van der Waals surface area (Å²) in [7, 11) is 0. The van der Waals surface area contributed by atoms with Gasteiger partial charge in [0.1, 0.15) is 5.60 Å². The third-order valence-electron chi connectivity index (χ3n) is 5.55. The molecule has 0 fully saturated rings. The minimum atomic E-state index is -1.53. The molecule has 0 aliphatic heterocycles. The van der Waals surface area contributed by atoms with Gasteiger partial charge in [-0.3, -0.25) is 0 Å². The van der Waals surface area contributed by atoms with E-state index in [1.54, 1.807) is 20.8 Å². The summed E-state index contributed by atoms with van der Waals surface area (Å²) in [5.74, 6) is -1.27. The van der Waals surface area contributed by atoms with Gasteiger partial charge in [-0.25, -0.2) is 4.79 Å². The number of rotatable bonds is 4. The quantitative estimate of drug-likeness (QED) is 0.647. The normalized spacial score (nSPS) is 19.7. The predicted molar refractivity (Wildman–Crippen MR) is 112 cm³/mol. The van der Waals surface area contributed by atoms with Crippen LogP contribution in [0.5, 0.6) is 5.88 Å². The van der Waals surface area contributed by atoms with Crippen LogP contribution >= 0.6 is 0 Å². The van der Waals surface area contributed by atoms with Gasteiger partial charge in [0.25, 0.3) is 0 Å². The van der Waals surface area contributed by atoms with Crippen molar-refractivity contribution in [3.05, 3.63) is 58.9 Å². The Labute approximate surface area is 174 Å². The van der Waals surface area contributed by atoms with E-state index in [9.17, 15) is 20.1 Å². The highest BCUT2D eigenvalue weighted by molar-refractivity contribution is 5.87. The van der Waals surface area contributed by atoms with Gasteiger partial charge in [0.05, 0.1) is 17.6 Å². The number of aliphatic carboxylic acids is 1. The molecule has 30 heavy (non-hydrogen) atoms. The monoisotopic (exact) mass is 410 g/mol. The lowest BCUT2D eigenvalue weighted by Gasteiger charge is -2.41. The molecule has 8 nitrogen and oxygen atoms in total. The van der Waals surface area contributed by atoms with Crippen molar-refractivity contribution in [1.82, 2.24) is 9.78 Å². The molecule has 1 atom stereocenters. The van der Waals surface area contributed by atoms with Crippen molar-refractivity contribution in [3.63, 3.8) is 0 Å². The van der Waals surface area contributed by atoms with Crippen molar-refractivity contribution in [1.29, 1.82) is 0 Å². The minimum Gasteiger partial charge on any atom is -0.492 e. The number of aromatic nitrogens is 2. The zero-order valence-corrected chi connectivity index (χ0v) is 17.7. The highest BCUT2D eigenvalue weighted by Crippen LogP contribution is 2.44. The maximum absolute atomic E-state index is 11.4. The van der Waals surface area contributed by atoms with Crippen molar-refractivity contribution in [2.45, 2.75) is 46.6 Å². The number of aromatic hydroxyl groups is 1. The van der Waals surface area contributed by atoms with E-state index in [0.29, 0.717) is 5.69 Å². The van der Waals surface area contributed by atoms with Gasteiger partial charge in [-0.2, -0.15) is 14.9 Å². The number of carbonyl (C=O) groups is 1. The van der Waals surface area contributed by atoms with Crippen molar-refractivity contribution < 1.29 is 20.1 Å². The van der Waals surface area contributed by atoms with E-state index in [0.717, 1.165) is 11.1 Å². The van der Waals surface area contributed by atoms with Crippen LogP contribution < -0.4 is 0 Å². The molecule has 8 heteroatoms. The fourth-order valence-electron chi connectivity index (χ4n) is 3.21. The molecule has 0 amide bonds. The average Bonchev–Trinajstić information content (AvgIpc) is 3.02. The summed E-state index contributed by atoms with van der Waals surface area (Å²) in [4.78, 5) is 11.4. The molecule has 1 unspecified atom stereocenters. The molecule has 158 valence electrons. The molecule has 0 saturated heterocycles. The van der Waals surface area contributed by atoms with E-state index >= 15 is 0 Å². The maximum Gasteiger partial charge on any atom is 0.331 e. The molecule has 3 rings (SSSR count). The van der Waals surface area contributed by atoms with Crippen LogP contribution in [0.2, 0.25) is 0 Å². The lowest BCUT2D eigenvalue weighted by molar-refractivity contribution is -0.134. The first-order valence-corrected chi connectivity index (χ1v) is 9.57. The summed E-state index contributed by atoms with van der Waals surface area (Å²) in [6.07, 6.45) is 4.15. The SMILES string of the molecule is Cc1ccc(-n2ncc(N=NC3=CC=C(C(=O)O)CC3(O)C(C)(C)C)c2O)cc1C. The number of benzene rings is 1. The number of aliphatic hydroxyl groups is 1. The van der Waals surface area contributed by atoms with Gasteiger partial charge in [0, 0.05) is 12.0 Å². The van der Waals surface area contributed by atoms with Gasteiger partial charge in [-0.05, 0) is 54.7 Å². The first-order valence-electron chi connectivity index (χ1n) is 9.57. The smallest absolute Gasteiger partial charge is 0.331 e. The third kappa shape index (κ3) is 3.78. The van der Waals surface area contributed by atoms with E-state index < -0.39 is 17.0 Å². The largest absolute Gasteiger partial charge is 0.492 e. The molecule has 1 aliphatic carbocycles. The molecule has 1 aliphatic rings. The van der Waals surface area contributed by atoms with Crippen LogP contribution in [0.15, 0.2) is 58.0 Å². The van der Waals surface area contributed by atoms with E-state index in [2.05, 4.69) is 15.3 Å². The Morgan fingerprint density at radius 2 is 1.87 bits per heavy atom. The number of allylic oxidation sites excluding steroid dienone is 2. The Hall–Kier alpha value is -3.26. The second-order valence-electron chi connectivity index (χ2n) is 8.57. The summed E-state index contributed by atoms with van der Waals surface area (Å²) in [5.41, 5.74) is 1.11. The molecule has 2 aromatic rings. The van der Waals surface area contributed by atoms with Crippen molar-refractivity contribution in [2.75, 3.05) is 0 Å². The van der Waals surface area contributed by atoms with Gasteiger partial charge < -0.3 is 15.3 Å². The Bertz CT molecular complexity index is 1090. The first-order chi connectivity index (χ1) is 13.9. The zero-order chi connectivity index (χ0) is 22.3. The topological polar surface area (TPSA) is 120 Å². The molecule has 1 aromatic carbocycles. The van der Waals surface area contributed by atoms with Crippen LogP contribution in [-0.4, -0.2) is 36.7 Å². The lowest BCUT2D eigenvalue weighted by Crippen LogP contribution is -2.46. The van der Waals surface area contributed by atoms with E-state index in [1.807, 2.05) is 32.0 Å². The standard InChI is InChI=1S/C22H26N4O4/c1-13-6-8-16(10-14(13)2)26-19(27)17(12-23-26)24-25-18-9-7-15(20(28)29)11-22(18,30)21(3,4)5/h6-10,12,27,30H,11H2,1-5H3,(H,28,29). The van der Waals surface area contributed by atoms with Gasteiger partial charge >= 0.3 is 5.97 Å². The molecule has 0 radical (unpaired) electrons. The molecular weight excluding hydrogens is 384 g/mol. The maximum atomic E-state index is 11.4. The number of azo groups is 1. The number of carboxylic acid groups (broad SMARTS) is 1. The van der Waals surface area contributed by atoms with Gasteiger partial charge in [0.2, 0.25) is 5.88 Å². The predicted octanol–water partition coefficient (Wildman–Crippen LogP) is 4.35. The lowest BCUT2D eigenvalue weighted by atomic mass is 9.69. The molecule has 1 heterocycles. The summed E-state index contributed by atoms with van der Waals surface area (Å²) in [6.45, 7) is 9.38. The second kappa shape index (κ2) is 7.53. The molecule has 0 spiro atoms. The Balaban J connectivity index is 1.97. The molecule has 0 bridgehead atoms. The minimum absolute atomic E-state index is 0.0927. The highest BCUT2D eigenvalue weighted by atomic mass is 16.4. The van der Waals surface area contributed by atoms with Crippen LogP contribution in [0.25, 0.3) is 5.69 Å². The summed E-state index contributed by atoms with van der Waals surface area (Å²) < 4.78 is 1.36. The zero-order valence-electron chi connectivity index (χ0n) is 17.7. The second-order valence-corrected chi connectivity index (χ2v) is 8.57. The fraction of sp³-hybridized carbons (Fsp3) is 0.364. The molecule has 3 N–H and O–H groups in total. The first kappa shape index (κ1) is 21.4. The number of nitrogens with zero attached hydrogens (tertiary/aromatic N) is 4. The Morgan fingerprint density at radius 3 is 2.47 bits per heavy atom. The molecule has 1 aromatic heterocycles. The van der Waals surface area contributed by atoms with Crippen molar-refractivity contribution >= 4 is 11.7 Å². The summed E-state index contributed by atoms with van der Waals surface area (Å²) in [5, 5.41) is 43.5. The Kier molecular flexibility index (Phi) is 5.38. The molecule has 0 saturated carbocycles. The van der Waals surface area contributed by atoms with Crippen LogP contribution in [-0.2, 0) is 4.79 Å². The van der Waals surface area contributed by atoms with E-state index in [-0.39, 0.29) is 29.3 Å². The van der Waals surface area contributed by atoms with Crippen LogP contribution in [0, 0.1) is 19.3 Å². The van der Waals surface area contributed by atoms with Crippen LogP contribution in [0.3, 0.4) is 0 Å². The van der Waals surface area contributed by atoms with Crippen molar-refractivity contribution in [2.24, 2.45) is 15.6 Å². The average molecular weight is 410 g/mol. The third-order valence-corrected chi connectivity index (χ3v) is 5.55. The van der Waals surface area contributed by atoms with Gasteiger partial charge in [-0.15, -0.1) is 5.11 Å². The highest BCUT2D eigenvalue weighted by Gasteiger charge is 2.46. The van der Waals surface area contributed by atoms with E-state index in [1.165, 1.54) is 23.0 Å². The number of carboxylic acids is 1. The number of hydrogen-bond acceptors (Lipinski definition) is 6. The van der Waals surface area contributed by atoms with Gasteiger partial charge in [-0.1, -0.05) is 26.8 Å². The Morgan fingerprint density at radius 1 is 1.17 bits per heavy atom. The van der Waals surface area contributed by atoms with E-state index in [4.69, 9.17) is 0 Å². The molecular formula is C22H26N4O4. The van der Waals surface area contributed by atoms with Crippen molar-refractivity contribution in [3.8, 4) is 11.6 Å².